The highest BCUT2D eigenvalue weighted by Crippen LogP contribution is 2.41. The van der Waals surface area contributed by atoms with Crippen LogP contribution in [0.5, 0.6) is 5.75 Å². The third-order valence-electron chi connectivity index (χ3n) is 7.59. The van der Waals surface area contributed by atoms with Gasteiger partial charge in [-0.2, -0.15) is 13.2 Å². The Hall–Kier alpha value is -3.05. The fourth-order valence-corrected chi connectivity index (χ4v) is 5.20. The lowest BCUT2D eigenvalue weighted by atomic mass is 9.90. The molecule has 2 heterocycles. The number of nitrogens with zero attached hydrogens (tertiary/aromatic N) is 3. The van der Waals surface area contributed by atoms with E-state index in [2.05, 4.69) is 15.2 Å². The van der Waals surface area contributed by atoms with Gasteiger partial charge in [-0.1, -0.05) is 23.7 Å². The first-order valence-corrected chi connectivity index (χ1v) is 13.7. The summed E-state index contributed by atoms with van der Waals surface area (Å²) in [5.41, 5.74) is -3.91. The van der Waals surface area contributed by atoms with Crippen LogP contribution in [0, 0.1) is 5.92 Å². The molecule has 1 aromatic heterocycles. The van der Waals surface area contributed by atoms with Crippen LogP contribution in [0.3, 0.4) is 0 Å². The van der Waals surface area contributed by atoms with Crippen LogP contribution in [0.15, 0.2) is 36.4 Å². The summed E-state index contributed by atoms with van der Waals surface area (Å²) in [6.45, 7) is 1.52. The van der Waals surface area contributed by atoms with E-state index in [-0.39, 0.29) is 29.4 Å². The Balaban J connectivity index is 1.28. The van der Waals surface area contributed by atoms with Crippen LogP contribution < -0.4 is 15.0 Å². The van der Waals surface area contributed by atoms with Crippen molar-refractivity contribution >= 4 is 29.2 Å². The number of rotatable bonds is 10. The highest BCUT2D eigenvalue weighted by molar-refractivity contribution is 6.32. The monoisotopic (exact) mass is 582 g/mol. The number of benzene rings is 1. The number of amides is 2. The molecule has 0 bridgehead atoms. The Labute approximate surface area is 236 Å². The summed E-state index contributed by atoms with van der Waals surface area (Å²) < 4.78 is 46.9. The Morgan fingerprint density at radius 1 is 1.18 bits per heavy atom. The third kappa shape index (κ3) is 6.63. The van der Waals surface area contributed by atoms with Crippen LogP contribution >= 0.6 is 11.6 Å². The maximum absolute atomic E-state index is 14.0. The quantitative estimate of drug-likeness (QED) is 0.400. The van der Waals surface area contributed by atoms with Gasteiger partial charge in [0.05, 0.1) is 12.7 Å². The number of aliphatic hydroxyl groups is 1. The summed E-state index contributed by atoms with van der Waals surface area (Å²) in [4.78, 5) is 32.7. The largest absolute Gasteiger partial charge is 0.497 e. The number of piperidine rings is 1. The number of carbonyl (C=O) groups excluding carboxylic acids is 2. The van der Waals surface area contributed by atoms with Crippen molar-refractivity contribution in [1.82, 2.24) is 15.2 Å². The first kappa shape index (κ1) is 29.9. The number of aromatic nitrogens is 1. The SMILES string of the molecule is COc1cccc([C@@](O)(C(=O)N(C)CCCC2CCN(c3ccc(C(=O)NC4CC4)c(Cl)n3)CC2)C(F)(F)F)c1. The lowest BCUT2D eigenvalue weighted by molar-refractivity contribution is -0.261. The molecule has 0 radical (unpaired) electrons. The van der Waals surface area contributed by atoms with Crippen molar-refractivity contribution in [2.24, 2.45) is 5.92 Å². The van der Waals surface area contributed by atoms with Gasteiger partial charge in [0.25, 0.3) is 17.4 Å². The summed E-state index contributed by atoms with van der Waals surface area (Å²) in [6.07, 6.45) is -0.343. The van der Waals surface area contributed by atoms with Crippen LogP contribution in [-0.2, 0) is 10.4 Å². The molecule has 1 aliphatic heterocycles. The van der Waals surface area contributed by atoms with Crippen molar-refractivity contribution < 1.29 is 32.6 Å². The van der Waals surface area contributed by atoms with Crippen molar-refractivity contribution in [3.63, 3.8) is 0 Å². The van der Waals surface area contributed by atoms with E-state index in [1.165, 1.54) is 26.3 Å². The van der Waals surface area contributed by atoms with Crippen molar-refractivity contribution in [2.75, 3.05) is 38.7 Å². The lowest BCUT2D eigenvalue weighted by Crippen LogP contribution is -2.55. The predicted octanol–water partition coefficient (Wildman–Crippen LogP) is 4.54. The second-order valence-corrected chi connectivity index (χ2v) is 10.9. The molecular formula is C28H34ClF3N4O4. The molecule has 4 rings (SSSR count). The van der Waals surface area contributed by atoms with Crippen LogP contribution in [0.25, 0.3) is 0 Å². The van der Waals surface area contributed by atoms with E-state index < -0.39 is 23.2 Å². The van der Waals surface area contributed by atoms with E-state index in [9.17, 15) is 27.9 Å². The fraction of sp³-hybridized carbons (Fsp3) is 0.536. The molecule has 2 fully saturated rings. The van der Waals surface area contributed by atoms with Crippen LogP contribution in [0.1, 0.15) is 54.4 Å². The molecule has 8 nitrogen and oxygen atoms in total. The maximum Gasteiger partial charge on any atom is 0.430 e. The standard InChI is InChI=1S/C28H34ClF3N4O4/c1-35(26(38)27(39,28(30,31)32)19-6-3-7-21(17-19)40-2)14-4-5-18-12-15-36(16-13-18)23-11-10-22(24(29)34-23)25(37)33-20-8-9-20/h3,6-7,10-11,17-18,20,39H,4-5,8-9,12-16H2,1-2H3,(H,33,37)/t27-/m1/s1. The second kappa shape index (κ2) is 12.2. The van der Waals surface area contributed by atoms with Crippen molar-refractivity contribution in [2.45, 2.75) is 56.3 Å². The predicted molar refractivity (Wildman–Crippen MR) is 144 cm³/mol. The van der Waals surface area contributed by atoms with Crippen molar-refractivity contribution in [1.29, 1.82) is 0 Å². The molecule has 0 unspecified atom stereocenters. The summed E-state index contributed by atoms with van der Waals surface area (Å²) >= 11 is 6.29. The molecule has 1 saturated heterocycles. The molecule has 1 aliphatic carbocycles. The molecule has 1 atom stereocenters. The van der Waals surface area contributed by atoms with E-state index in [1.54, 1.807) is 12.1 Å². The van der Waals surface area contributed by atoms with Crippen LogP contribution in [-0.4, -0.2) is 72.8 Å². The average molecular weight is 583 g/mol. The topological polar surface area (TPSA) is 95.0 Å². The smallest absolute Gasteiger partial charge is 0.430 e. The van der Waals surface area contributed by atoms with E-state index in [4.69, 9.17) is 16.3 Å². The number of carbonyl (C=O) groups is 2. The van der Waals surface area contributed by atoms with Gasteiger partial charge in [-0.25, -0.2) is 4.98 Å². The number of halogens is 4. The first-order chi connectivity index (χ1) is 18.9. The normalized spacial score (nSPS) is 17.7. The second-order valence-electron chi connectivity index (χ2n) is 10.5. The van der Waals surface area contributed by atoms with Gasteiger partial charge < -0.3 is 25.0 Å². The fourth-order valence-electron chi connectivity index (χ4n) is 4.96. The number of likely N-dealkylation sites (N-methyl/N-ethyl adjacent to an activating group) is 1. The zero-order valence-corrected chi connectivity index (χ0v) is 23.3. The zero-order chi connectivity index (χ0) is 29.1. The molecule has 40 heavy (non-hydrogen) atoms. The van der Waals surface area contributed by atoms with E-state index >= 15 is 0 Å². The number of ether oxygens (including phenoxy) is 1. The average Bonchev–Trinajstić information content (AvgIpc) is 3.75. The number of nitrogens with one attached hydrogen (secondary N) is 1. The Morgan fingerprint density at radius 3 is 2.48 bits per heavy atom. The van der Waals surface area contributed by atoms with Gasteiger partial charge in [-0.15, -0.1) is 0 Å². The molecule has 2 amide bonds. The maximum atomic E-state index is 14.0. The summed E-state index contributed by atoms with van der Waals surface area (Å²) in [5, 5.41) is 13.7. The molecule has 2 aliphatic rings. The molecule has 2 N–H and O–H groups in total. The van der Waals surface area contributed by atoms with E-state index in [0.29, 0.717) is 23.7 Å². The van der Waals surface area contributed by atoms with Gasteiger partial charge in [0.15, 0.2) is 0 Å². The first-order valence-electron chi connectivity index (χ1n) is 13.4. The minimum absolute atomic E-state index is 0.0724. The number of alkyl halides is 3. The minimum atomic E-state index is -5.21. The van der Waals surface area contributed by atoms with Gasteiger partial charge in [0, 0.05) is 38.3 Å². The molecule has 1 saturated carbocycles. The molecule has 2 aromatic rings. The number of hydrogen-bond donors (Lipinski definition) is 2. The Morgan fingerprint density at radius 2 is 1.88 bits per heavy atom. The van der Waals surface area contributed by atoms with Crippen LogP contribution in [0.4, 0.5) is 19.0 Å². The highest BCUT2D eigenvalue weighted by atomic mass is 35.5. The summed E-state index contributed by atoms with van der Waals surface area (Å²) in [7, 11) is 2.56. The van der Waals surface area contributed by atoms with E-state index in [0.717, 1.165) is 62.2 Å². The van der Waals surface area contributed by atoms with Gasteiger partial charge in [-0.3, -0.25) is 9.59 Å². The number of methoxy groups -OCH3 is 1. The van der Waals surface area contributed by atoms with Gasteiger partial charge in [0.2, 0.25) is 0 Å². The molecule has 1 aromatic carbocycles. The minimum Gasteiger partial charge on any atom is -0.497 e. The molecule has 12 heteroatoms. The number of anilines is 1. The Kier molecular flexibility index (Phi) is 9.14. The molecule has 0 spiro atoms. The third-order valence-corrected chi connectivity index (χ3v) is 7.88. The Bertz CT molecular complexity index is 1220. The summed E-state index contributed by atoms with van der Waals surface area (Å²) in [6, 6.07) is 8.53. The van der Waals surface area contributed by atoms with Gasteiger partial charge >= 0.3 is 6.18 Å². The number of pyridine rings is 1. The van der Waals surface area contributed by atoms with Crippen molar-refractivity contribution in [3.8, 4) is 5.75 Å². The van der Waals surface area contributed by atoms with Gasteiger partial charge in [-0.05, 0) is 68.7 Å². The van der Waals surface area contributed by atoms with Crippen molar-refractivity contribution in [3.05, 3.63) is 52.7 Å². The zero-order valence-electron chi connectivity index (χ0n) is 22.5. The number of hydrogen-bond acceptors (Lipinski definition) is 6. The molecule has 218 valence electrons. The van der Waals surface area contributed by atoms with Gasteiger partial charge in [0.1, 0.15) is 16.7 Å². The highest BCUT2D eigenvalue weighted by Gasteiger charge is 2.61. The summed E-state index contributed by atoms with van der Waals surface area (Å²) in [5.74, 6) is -0.514. The molecular weight excluding hydrogens is 549 g/mol. The van der Waals surface area contributed by atoms with E-state index in [1.807, 2.05) is 0 Å². The lowest BCUT2D eigenvalue weighted by Gasteiger charge is -2.34. The van der Waals surface area contributed by atoms with Crippen LogP contribution in [0.2, 0.25) is 5.15 Å².